The summed E-state index contributed by atoms with van der Waals surface area (Å²) in [4.78, 5) is 9.83. The number of hydrogen-bond donors (Lipinski definition) is 3. The summed E-state index contributed by atoms with van der Waals surface area (Å²) in [6, 6.07) is -0.972. The summed E-state index contributed by atoms with van der Waals surface area (Å²) < 4.78 is 0. The molecule has 4 nitrogen and oxygen atoms in total. The van der Waals surface area contributed by atoms with Crippen molar-refractivity contribution in [3.63, 3.8) is 0 Å². The molecular weight excluding hydrogens is 109 g/mol. The predicted octanol–water partition coefficient (Wildman–Crippen LogP) is -1.57. The molecule has 1 unspecified atom stereocenters. The van der Waals surface area contributed by atoms with Crippen LogP contribution in [0.15, 0.2) is 0 Å². The van der Waals surface area contributed by atoms with Crippen LogP contribution in [0.5, 0.6) is 0 Å². The number of nitrogens with two attached hydrogens (primary N) is 1. The molecule has 0 spiro atoms. The van der Waals surface area contributed by atoms with Crippen LogP contribution >= 0.6 is 0 Å². The van der Waals surface area contributed by atoms with Crippen molar-refractivity contribution < 1.29 is 14.9 Å². The van der Waals surface area contributed by atoms with Gasteiger partial charge in [-0.2, -0.15) is 0 Å². The molecule has 0 aromatic heterocycles. The van der Waals surface area contributed by atoms with Crippen molar-refractivity contribution in [3.05, 3.63) is 0 Å². The molecule has 1 radical (unpaired) electrons. The normalized spacial score (nSPS) is 12.8. The molecule has 5 heteroatoms. The van der Waals surface area contributed by atoms with Gasteiger partial charge in [-0.15, -0.1) is 0 Å². The van der Waals surface area contributed by atoms with Crippen LogP contribution in [0.2, 0.25) is 6.32 Å². The molecule has 0 aliphatic carbocycles. The van der Waals surface area contributed by atoms with Gasteiger partial charge < -0.3 is 15.9 Å². The number of carboxylic acids is 1. The zero-order chi connectivity index (χ0) is 6.57. The van der Waals surface area contributed by atoms with E-state index in [0.29, 0.717) is 0 Å². The largest absolute Gasteiger partial charge is 0.480 e. The Kier molecular flexibility index (Phi) is 3.22. The molecule has 0 amide bonds. The summed E-state index contributed by atoms with van der Waals surface area (Å²) in [6.45, 7) is 0. The quantitative estimate of drug-likeness (QED) is 0.389. The summed E-state index contributed by atoms with van der Waals surface area (Å²) in [7, 11) is 0.735. The van der Waals surface area contributed by atoms with Crippen LogP contribution in [0.4, 0.5) is 0 Å². The van der Waals surface area contributed by atoms with E-state index in [1.54, 1.807) is 0 Å². The molecule has 0 aromatic carbocycles. The van der Waals surface area contributed by atoms with E-state index in [2.05, 4.69) is 0 Å². The first-order chi connectivity index (χ1) is 3.68. The van der Waals surface area contributed by atoms with Gasteiger partial charge in [0, 0.05) is 0 Å². The van der Waals surface area contributed by atoms with Gasteiger partial charge >= 0.3 is 5.97 Å². The number of carbonyl (C=O) groups is 1. The van der Waals surface area contributed by atoms with Gasteiger partial charge in [-0.1, -0.05) is 0 Å². The van der Waals surface area contributed by atoms with Crippen molar-refractivity contribution in [1.29, 1.82) is 0 Å². The lowest BCUT2D eigenvalue weighted by Crippen LogP contribution is -2.30. The van der Waals surface area contributed by atoms with Crippen molar-refractivity contribution in [2.24, 2.45) is 5.73 Å². The van der Waals surface area contributed by atoms with Crippen molar-refractivity contribution >= 4 is 13.5 Å². The van der Waals surface area contributed by atoms with Crippen LogP contribution < -0.4 is 5.73 Å². The first-order valence-electron chi connectivity index (χ1n) is 2.12. The zero-order valence-corrected chi connectivity index (χ0v) is 4.24. The molecule has 1 atom stereocenters. The lowest BCUT2D eigenvalue weighted by Gasteiger charge is -1.98. The molecule has 0 bridgehead atoms. The van der Waals surface area contributed by atoms with E-state index in [1.807, 2.05) is 0 Å². The van der Waals surface area contributed by atoms with Crippen LogP contribution in [0.3, 0.4) is 0 Å². The maximum atomic E-state index is 9.83. The molecule has 0 fully saturated rings. The van der Waals surface area contributed by atoms with Gasteiger partial charge in [-0.25, -0.2) is 0 Å². The minimum absolute atomic E-state index is 0.00463. The molecule has 8 heavy (non-hydrogen) atoms. The van der Waals surface area contributed by atoms with E-state index < -0.39 is 12.0 Å². The molecule has 0 saturated heterocycles. The highest BCUT2D eigenvalue weighted by atomic mass is 16.4. The first-order valence-corrected chi connectivity index (χ1v) is 2.12. The Hall–Kier alpha value is -0.545. The van der Waals surface area contributed by atoms with Crippen molar-refractivity contribution in [1.82, 2.24) is 0 Å². The Morgan fingerprint density at radius 3 is 2.50 bits per heavy atom. The highest BCUT2D eigenvalue weighted by molar-refractivity contribution is 6.26. The Morgan fingerprint density at radius 2 is 2.38 bits per heavy atom. The van der Waals surface area contributed by atoms with Gasteiger partial charge in [0.05, 0.1) is 6.04 Å². The first kappa shape index (κ1) is 7.45. The molecule has 0 aliphatic heterocycles. The van der Waals surface area contributed by atoms with Gasteiger partial charge in [0.15, 0.2) is 0 Å². The third kappa shape index (κ3) is 2.60. The van der Waals surface area contributed by atoms with Crippen molar-refractivity contribution in [3.8, 4) is 0 Å². The molecule has 0 rings (SSSR count). The number of rotatable bonds is 3. The Balaban J connectivity index is 3.32. The Labute approximate surface area is 47.6 Å². The van der Waals surface area contributed by atoms with E-state index in [9.17, 15) is 4.79 Å². The second-order valence-corrected chi connectivity index (χ2v) is 1.36. The fourth-order valence-electron chi connectivity index (χ4n) is 0.214. The summed E-state index contributed by atoms with van der Waals surface area (Å²) >= 11 is 0. The number of carboxylic acid groups (broad SMARTS) is 1. The standard InChI is InChI=1S/C3H7BNO3/c5-2(1-4-8)3(6)7/h2,8H,1,5H2,(H,6,7). The van der Waals surface area contributed by atoms with Crippen LogP contribution in [0.1, 0.15) is 0 Å². The van der Waals surface area contributed by atoms with Gasteiger partial charge in [-0.3, -0.25) is 4.79 Å². The van der Waals surface area contributed by atoms with E-state index >= 15 is 0 Å². The topological polar surface area (TPSA) is 83.5 Å². The van der Waals surface area contributed by atoms with E-state index in [-0.39, 0.29) is 6.32 Å². The smallest absolute Gasteiger partial charge is 0.319 e. The highest BCUT2D eigenvalue weighted by Gasteiger charge is 2.09. The third-order valence-corrected chi connectivity index (χ3v) is 0.677. The summed E-state index contributed by atoms with van der Waals surface area (Å²) in [5, 5.41) is 16.1. The van der Waals surface area contributed by atoms with Gasteiger partial charge in [0.2, 0.25) is 0 Å². The number of hydrogen-bond acceptors (Lipinski definition) is 3. The fraction of sp³-hybridized carbons (Fsp3) is 0.667. The molecule has 0 heterocycles. The molecule has 0 aromatic rings. The maximum Gasteiger partial charge on any atom is 0.319 e. The average molecular weight is 116 g/mol. The highest BCUT2D eigenvalue weighted by Crippen LogP contribution is 1.83. The second kappa shape index (κ2) is 3.46. The molecule has 4 N–H and O–H groups in total. The van der Waals surface area contributed by atoms with Crippen molar-refractivity contribution in [2.75, 3.05) is 0 Å². The maximum absolute atomic E-state index is 9.83. The SMILES string of the molecule is NC(C[B]O)C(=O)O. The van der Waals surface area contributed by atoms with E-state index in [4.69, 9.17) is 15.9 Å². The fourth-order valence-corrected chi connectivity index (χ4v) is 0.214. The summed E-state index contributed by atoms with van der Waals surface area (Å²) in [5.74, 6) is -1.10. The minimum atomic E-state index is -1.10. The monoisotopic (exact) mass is 116 g/mol. The summed E-state index contributed by atoms with van der Waals surface area (Å²) in [5.41, 5.74) is 4.94. The summed E-state index contributed by atoms with van der Waals surface area (Å²) in [6.07, 6.45) is -0.00463. The minimum Gasteiger partial charge on any atom is -0.480 e. The molecule has 0 saturated carbocycles. The van der Waals surface area contributed by atoms with Gasteiger partial charge in [0.1, 0.15) is 0 Å². The van der Waals surface area contributed by atoms with Crippen LogP contribution in [0, 0.1) is 0 Å². The van der Waals surface area contributed by atoms with Gasteiger partial charge in [-0.05, 0) is 6.32 Å². The second-order valence-electron chi connectivity index (χ2n) is 1.36. The van der Waals surface area contributed by atoms with Crippen LogP contribution in [-0.4, -0.2) is 29.6 Å². The predicted molar refractivity (Wildman–Crippen MR) is 28.4 cm³/mol. The lowest BCUT2D eigenvalue weighted by atomic mass is 9.91. The van der Waals surface area contributed by atoms with Crippen LogP contribution in [-0.2, 0) is 4.79 Å². The van der Waals surface area contributed by atoms with E-state index in [1.165, 1.54) is 0 Å². The Bertz CT molecular complexity index is 86.6. The van der Waals surface area contributed by atoms with Crippen molar-refractivity contribution in [2.45, 2.75) is 12.4 Å². The molecular formula is C3H7BNO3. The van der Waals surface area contributed by atoms with Crippen LogP contribution in [0.25, 0.3) is 0 Å². The Morgan fingerprint density at radius 1 is 1.88 bits per heavy atom. The average Bonchev–Trinajstić information content (AvgIpc) is 1.67. The van der Waals surface area contributed by atoms with E-state index in [0.717, 1.165) is 7.48 Å². The third-order valence-electron chi connectivity index (χ3n) is 0.677. The molecule has 0 aliphatic rings. The zero-order valence-electron chi connectivity index (χ0n) is 4.24. The lowest BCUT2D eigenvalue weighted by molar-refractivity contribution is -0.138. The van der Waals surface area contributed by atoms with Gasteiger partial charge in [0.25, 0.3) is 7.48 Å². The molecule has 45 valence electrons. The number of aliphatic carboxylic acids is 1.